The molecule has 2 heterocycles. The maximum Gasteiger partial charge on any atom is 0.303 e. The first kappa shape index (κ1) is 15.3. The van der Waals surface area contributed by atoms with Crippen LogP contribution in [0.1, 0.15) is 52.4 Å². The minimum atomic E-state index is -0.713. The Labute approximate surface area is 120 Å². The van der Waals surface area contributed by atoms with Gasteiger partial charge in [-0.2, -0.15) is 0 Å². The van der Waals surface area contributed by atoms with Crippen molar-refractivity contribution in [1.82, 2.24) is 10.2 Å². The number of rotatable bonds is 6. The Bertz CT molecular complexity index is 356. The topological polar surface area (TPSA) is 69.6 Å². The maximum atomic E-state index is 12.3. The normalized spacial score (nSPS) is 28.9. The van der Waals surface area contributed by atoms with Crippen LogP contribution in [-0.2, 0) is 9.59 Å². The Hall–Kier alpha value is -1.10. The third-order valence-corrected chi connectivity index (χ3v) is 4.47. The molecule has 0 radical (unpaired) electrons. The quantitative estimate of drug-likeness (QED) is 0.776. The third kappa shape index (κ3) is 3.72. The van der Waals surface area contributed by atoms with Crippen molar-refractivity contribution in [3.8, 4) is 0 Å². The number of carboxylic acids is 1. The molecule has 5 nitrogen and oxygen atoms in total. The van der Waals surface area contributed by atoms with E-state index in [1.807, 2.05) is 0 Å². The number of carbonyl (C=O) groups is 2. The minimum Gasteiger partial charge on any atom is -0.481 e. The van der Waals surface area contributed by atoms with Crippen molar-refractivity contribution >= 4 is 11.9 Å². The van der Waals surface area contributed by atoms with Gasteiger partial charge in [0.15, 0.2) is 0 Å². The van der Waals surface area contributed by atoms with Crippen LogP contribution >= 0.6 is 0 Å². The van der Waals surface area contributed by atoms with E-state index < -0.39 is 5.97 Å². The van der Waals surface area contributed by atoms with E-state index in [2.05, 4.69) is 24.1 Å². The molecule has 0 aromatic heterocycles. The molecule has 20 heavy (non-hydrogen) atoms. The summed E-state index contributed by atoms with van der Waals surface area (Å²) >= 11 is 0. The number of hydrogen-bond donors (Lipinski definition) is 2. The molecule has 2 saturated heterocycles. The van der Waals surface area contributed by atoms with Gasteiger partial charge in [-0.15, -0.1) is 0 Å². The largest absolute Gasteiger partial charge is 0.481 e. The van der Waals surface area contributed by atoms with E-state index in [9.17, 15) is 9.59 Å². The van der Waals surface area contributed by atoms with Crippen LogP contribution in [0.3, 0.4) is 0 Å². The molecular formula is C15H26N2O3. The maximum absolute atomic E-state index is 12.3. The van der Waals surface area contributed by atoms with Crippen LogP contribution in [0.25, 0.3) is 0 Å². The van der Waals surface area contributed by atoms with Crippen molar-refractivity contribution < 1.29 is 14.7 Å². The van der Waals surface area contributed by atoms with Crippen molar-refractivity contribution in [1.29, 1.82) is 0 Å². The first-order valence-electron chi connectivity index (χ1n) is 7.73. The molecule has 1 amide bonds. The average Bonchev–Trinajstić information content (AvgIpc) is 2.60. The van der Waals surface area contributed by atoms with Crippen molar-refractivity contribution in [2.75, 3.05) is 6.54 Å². The van der Waals surface area contributed by atoms with Crippen LogP contribution in [0.15, 0.2) is 0 Å². The first-order valence-corrected chi connectivity index (χ1v) is 7.73. The Kier molecular flexibility index (Phi) is 5.02. The molecule has 2 unspecified atom stereocenters. The Balaban J connectivity index is 1.85. The monoisotopic (exact) mass is 282 g/mol. The van der Waals surface area contributed by atoms with E-state index >= 15 is 0 Å². The molecule has 0 spiro atoms. The summed E-state index contributed by atoms with van der Waals surface area (Å²) in [7, 11) is 0. The summed E-state index contributed by atoms with van der Waals surface area (Å²) in [5.74, 6) is -0.224. The molecule has 114 valence electrons. The zero-order chi connectivity index (χ0) is 14.7. The third-order valence-electron chi connectivity index (χ3n) is 4.47. The second kappa shape index (κ2) is 6.57. The van der Waals surface area contributed by atoms with Gasteiger partial charge in [-0.05, 0) is 31.6 Å². The van der Waals surface area contributed by atoms with Gasteiger partial charge in [0.2, 0.25) is 5.91 Å². The number of hydrogen-bond acceptors (Lipinski definition) is 3. The van der Waals surface area contributed by atoms with Gasteiger partial charge < -0.3 is 15.3 Å². The number of piperidine rings is 1. The average molecular weight is 282 g/mol. The van der Waals surface area contributed by atoms with Crippen molar-refractivity contribution in [2.24, 2.45) is 5.92 Å². The van der Waals surface area contributed by atoms with E-state index in [1.165, 1.54) is 0 Å². The molecule has 2 bridgehead atoms. The van der Waals surface area contributed by atoms with Crippen LogP contribution in [0.5, 0.6) is 0 Å². The lowest BCUT2D eigenvalue weighted by atomic mass is 9.88. The highest BCUT2D eigenvalue weighted by Crippen LogP contribution is 2.40. The fourth-order valence-corrected chi connectivity index (χ4v) is 3.71. The Morgan fingerprint density at radius 3 is 2.35 bits per heavy atom. The molecule has 2 aliphatic heterocycles. The molecule has 2 aliphatic rings. The summed E-state index contributed by atoms with van der Waals surface area (Å²) in [6, 6.07) is 0.968. The van der Waals surface area contributed by atoms with Gasteiger partial charge in [-0.25, -0.2) is 0 Å². The van der Waals surface area contributed by atoms with Crippen LogP contribution in [0.2, 0.25) is 0 Å². The van der Waals surface area contributed by atoms with Gasteiger partial charge in [0.25, 0.3) is 0 Å². The van der Waals surface area contributed by atoms with Gasteiger partial charge in [0.05, 0.1) is 0 Å². The fraction of sp³-hybridized carbons (Fsp3) is 0.867. The molecule has 0 saturated carbocycles. The summed E-state index contributed by atoms with van der Waals surface area (Å²) in [6.07, 6.45) is 4.63. The van der Waals surface area contributed by atoms with Crippen LogP contribution < -0.4 is 5.32 Å². The highest BCUT2D eigenvalue weighted by Gasteiger charge is 2.43. The van der Waals surface area contributed by atoms with E-state index in [0.29, 0.717) is 12.5 Å². The number of nitrogens with one attached hydrogen (secondary N) is 1. The lowest BCUT2D eigenvalue weighted by Gasteiger charge is -2.38. The summed E-state index contributed by atoms with van der Waals surface area (Å²) in [6.45, 7) is 4.88. The second-order valence-electron chi connectivity index (χ2n) is 6.48. The molecule has 0 aliphatic carbocycles. The molecule has 2 atom stereocenters. The van der Waals surface area contributed by atoms with Crippen LogP contribution in [0, 0.1) is 5.92 Å². The summed E-state index contributed by atoms with van der Waals surface area (Å²) in [5, 5.41) is 12.2. The van der Waals surface area contributed by atoms with E-state index in [1.54, 1.807) is 0 Å². The SMILES string of the molecule is CC(C)NCCC(=O)N1C2CCC1CC(CC(=O)O)C2. The zero-order valence-electron chi connectivity index (χ0n) is 12.5. The summed E-state index contributed by atoms with van der Waals surface area (Å²) < 4.78 is 0. The number of carbonyl (C=O) groups excluding carboxylic acids is 1. The molecule has 0 aromatic carbocycles. The highest BCUT2D eigenvalue weighted by molar-refractivity contribution is 5.77. The molecular weight excluding hydrogens is 256 g/mol. The zero-order valence-corrected chi connectivity index (χ0v) is 12.5. The molecule has 2 N–H and O–H groups in total. The van der Waals surface area contributed by atoms with Crippen molar-refractivity contribution in [3.05, 3.63) is 0 Å². The standard InChI is InChI=1S/C15H26N2O3/c1-10(2)16-6-5-14(18)17-12-3-4-13(17)8-11(7-12)9-15(19)20/h10-13,16H,3-9H2,1-2H3,(H,19,20). The fourth-order valence-electron chi connectivity index (χ4n) is 3.71. The number of carboxylic acid groups (broad SMARTS) is 1. The first-order chi connectivity index (χ1) is 9.47. The molecule has 2 rings (SSSR count). The van der Waals surface area contributed by atoms with Crippen molar-refractivity contribution in [2.45, 2.75) is 70.5 Å². The predicted octanol–water partition coefficient (Wildman–Crippen LogP) is 1.62. The van der Waals surface area contributed by atoms with Gasteiger partial charge in [-0.1, -0.05) is 13.8 Å². The minimum absolute atomic E-state index is 0.236. The lowest BCUT2D eigenvalue weighted by molar-refractivity contribution is -0.140. The van der Waals surface area contributed by atoms with E-state index in [-0.39, 0.29) is 30.3 Å². The smallest absolute Gasteiger partial charge is 0.303 e. The van der Waals surface area contributed by atoms with Gasteiger partial charge in [0, 0.05) is 37.5 Å². The number of amides is 1. The summed E-state index contributed by atoms with van der Waals surface area (Å²) in [5.41, 5.74) is 0. The highest BCUT2D eigenvalue weighted by atomic mass is 16.4. The predicted molar refractivity (Wildman–Crippen MR) is 76.4 cm³/mol. The van der Waals surface area contributed by atoms with Crippen molar-refractivity contribution in [3.63, 3.8) is 0 Å². The van der Waals surface area contributed by atoms with Crippen LogP contribution in [-0.4, -0.2) is 46.6 Å². The Morgan fingerprint density at radius 2 is 1.85 bits per heavy atom. The van der Waals surface area contributed by atoms with E-state index in [4.69, 9.17) is 5.11 Å². The number of nitrogens with zero attached hydrogens (tertiary/aromatic N) is 1. The summed E-state index contributed by atoms with van der Waals surface area (Å²) in [4.78, 5) is 25.2. The lowest BCUT2D eigenvalue weighted by Crippen LogP contribution is -2.47. The van der Waals surface area contributed by atoms with Gasteiger partial charge in [0.1, 0.15) is 0 Å². The molecule has 2 fully saturated rings. The van der Waals surface area contributed by atoms with E-state index in [0.717, 1.165) is 32.2 Å². The Morgan fingerprint density at radius 1 is 1.25 bits per heavy atom. The number of fused-ring (bicyclic) bond motifs is 2. The molecule has 0 aromatic rings. The number of aliphatic carboxylic acids is 1. The van der Waals surface area contributed by atoms with Gasteiger partial charge in [-0.3, -0.25) is 9.59 Å². The van der Waals surface area contributed by atoms with Crippen LogP contribution in [0.4, 0.5) is 0 Å². The second-order valence-corrected chi connectivity index (χ2v) is 6.48. The molecule has 5 heteroatoms. The van der Waals surface area contributed by atoms with Gasteiger partial charge >= 0.3 is 5.97 Å².